The number of hydrogen-bond donors (Lipinski definition) is 2. The molecule has 2 amide bonds. The molecule has 5 nitrogen and oxygen atoms in total. The molecule has 0 unspecified atom stereocenters. The third-order valence-corrected chi connectivity index (χ3v) is 6.30. The van der Waals surface area contributed by atoms with Gasteiger partial charge >= 0.3 is 0 Å². The van der Waals surface area contributed by atoms with E-state index in [0.29, 0.717) is 6.54 Å². The van der Waals surface area contributed by atoms with Crippen LogP contribution in [0.5, 0.6) is 0 Å². The van der Waals surface area contributed by atoms with Crippen molar-refractivity contribution in [3.63, 3.8) is 0 Å². The van der Waals surface area contributed by atoms with Gasteiger partial charge in [-0.1, -0.05) is 33.1 Å². The molecule has 3 N–H and O–H groups in total. The smallest absolute Gasteiger partial charge is 0.230 e. The van der Waals surface area contributed by atoms with Crippen LogP contribution in [0.25, 0.3) is 0 Å². The second kappa shape index (κ2) is 10.4. The first-order valence-corrected chi connectivity index (χ1v) is 9.86. The Hall–Kier alpha value is -0.810. The number of rotatable bonds is 6. The van der Waals surface area contributed by atoms with Crippen molar-refractivity contribution in [2.75, 3.05) is 19.6 Å². The van der Waals surface area contributed by atoms with E-state index in [1.165, 1.54) is 19.3 Å². The second-order valence-electron chi connectivity index (χ2n) is 7.60. The zero-order valence-electron chi connectivity index (χ0n) is 15.9. The number of piperidine rings is 1. The van der Waals surface area contributed by atoms with Crippen molar-refractivity contribution >= 4 is 24.2 Å². The number of hydrogen-bond acceptors (Lipinski definition) is 3. The Bertz CT molecular complexity index is 418. The maximum absolute atomic E-state index is 12.8. The fourth-order valence-corrected chi connectivity index (χ4v) is 4.17. The average molecular weight is 374 g/mol. The monoisotopic (exact) mass is 373 g/mol. The van der Waals surface area contributed by atoms with Crippen molar-refractivity contribution in [1.29, 1.82) is 0 Å². The van der Waals surface area contributed by atoms with Gasteiger partial charge in [0.25, 0.3) is 0 Å². The Labute approximate surface area is 158 Å². The lowest BCUT2D eigenvalue weighted by molar-refractivity contribution is -0.143. The molecular weight excluding hydrogens is 338 g/mol. The van der Waals surface area contributed by atoms with E-state index in [2.05, 4.69) is 5.32 Å². The minimum Gasteiger partial charge on any atom is -0.353 e. The lowest BCUT2D eigenvalue weighted by Gasteiger charge is -2.39. The molecule has 0 aromatic carbocycles. The van der Waals surface area contributed by atoms with Crippen molar-refractivity contribution in [1.82, 2.24) is 10.2 Å². The van der Waals surface area contributed by atoms with Crippen molar-refractivity contribution in [2.24, 2.45) is 17.1 Å². The van der Waals surface area contributed by atoms with Gasteiger partial charge in [-0.25, -0.2) is 0 Å². The summed E-state index contributed by atoms with van der Waals surface area (Å²) in [5, 5.41) is 3.23. The van der Waals surface area contributed by atoms with E-state index in [-0.39, 0.29) is 36.2 Å². The fourth-order valence-electron chi connectivity index (χ4n) is 4.17. The molecule has 1 saturated heterocycles. The molecule has 1 heterocycles. The molecule has 6 heteroatoms. The highest BCUT2D eigenvalue weighted by molar-refractivity contribution is 5.85. The van der Waals surface area contributed by atoms with E-state index in [9.17, 15) is 9.59 Å². The van der Waals surface area contributed by atoms with Gasteiger partial charge in [-0.2, -0.15) is 0 Å². The van der Waals surface area contributed by atoms with Gasteiger partial charge in [0, 0.05) is 31.6 Å². The predicted octanol–water partition coefficient (Wildman–Crippen LogP) is 2.86. The standard InChI is InChI=1S/C19H35N3O2.ClH/c1-3-19(4-2,14-20)18(24)22-12-10-16(11-13-22)21-17(23)15-8-6-5-7-9-15;/h15-16H,3-14,20H2,1-2H3,(H,21,23);1H. The molecule has 146 valence electrons. The first-order valence-electron chi connectivity index (χ1n) is 9.86. The zero-order valence-corrected chi connectivity index (χ0v) is 16.7. The molecule has 25 heavy (non-hydrogen) atoms. The molecule has 0 bridgehead atoms. The number of halogens is 1. The van der Waals surface area contributed by atoms with E-state index in [1.807, 2.05) is 18.7 Å². The predicted molar refractivity (Wildman–Crippen MR) is 104 cm³/mol. The van der Waals surface area contributed by atoms with Gasteiger partial charge in [0.2, 0.25) is 11.8 Å². The highest BCUT2D eigenvalue weighted by atomic mass is 35.5. The summed E-state index contributed by atoms with van der Waals surface area (Å²) < 4.78 is 0. The number of carbonyl (C=O) groups is 2. The molecule has 2 rings (SSSR count). The van der Waals surface area contributed by atoms with Crippen LogP contribution in [0.4, 0.5) is 0 Å². The molecule has 2 aliphatic rings. The SMILES string of the molecule is CCC(CC)(CN)C(=O)N1CCC(NC(=O)C2CCCCC2)CC1.Cl. The van der Waals surface area contributed by atoms with Crippen LogP contribution in [0.2, 0.25) is 0 Å². The Morgan fingerprint density at radius 2 is 1.60 bits per heavy atom. The number of nitrogens with one attached hydrogen (secondary N) is 1. The number of amides is 2. The Morgan fingerprint density at radius 3 is 2.08 bits per heavy atom. The van der Waals surface area contributed by atoms with Gasteiger partial charge in [0.15, 0.2) is 0 Å². The molecule has 0 radical (unpaired) electrons. The van der Waals surface area contributed by atoms with Crippen LogP contribution < -0.4 is 11.1 Å². The normalized spacial score (nSPS) is 20.0. The molecule has 1 aliphatic carbocycles. The molecule has 1 saturated carbocycles. The number of carbonyl (C=O) groups excluding carboxylic acids is 2. The zero-order chi connectivity index (χ0) is 17.6. The van der Waals surface area contributed by atoms with Crippen molar-refractivity contribution in [2.45, 2.75) is 77.7 Å². The highest BCUT2D eigenvalue weighted by Crippen LogP contribution is 2.29. The summed E-state index contributed by atoms with van der Waals surface area (Å²) in [6.07, 6.45) is 9.00. The molecular formula is C19H36ClN3O2. The first kappa shape index (κ1) is 22.2. The quantitative estimate of drug-likeness (QED) is 0.751. The average Bonchev–Trinajstić information content (AvgIpc) is 2.65. The summed E-state index contributed by atoms with van der Waals surface area (Å²) in [7, 11) is 0. The van der Waals surface area contributed by atoms with Crippen molar-refractivity contribution < 1.29 is 9.59 Å². The van der Waals surface area contributed by atoms with Gasteiger partial charge in [-0.3, -0.25) is 9.59 Å². The van der Waals surface area contributed by atoms with Crippen LogP contribution in [0, 0.1) is 11.3 Å². The van der Waals surface area contributed by atoms with Gasteiger partial charge in [0.05, 0.1) is 5.41 Å². The third-order valence-electron chi connectivity index (χ3n) is 6.30. The summed E-state index contributed by atoms with van der Waals surface area (Å²) in [5.74, 6) is 0.647. The second-order valence-corrected chi connectivity index (χ2v) is 7.60. The van der Waals surface area contributed by atoms with Crippen LogP contribution in [0.1, 0.15) is 71.6 Å². The Morgan fingerprint density at radius 1 is 1.04 bits per heavy atom. The minimum absolute atomic E-state index is 0. The summed E-state index contributed by atoms with van der Waals surface area (Å²) in [5.41, 5.74) is 5.50. The van der Waals surface area contributed by atoms with Crippen LogP contribution in [-0.2, 0) is 9.59 Å². The Kier molecular flexibility index (Phi) is 9.22. The molecule has 0 spiro atoms. The largest absolute Gasteiger partial charge is 0.353 e. The topological polar surface area (TPSA) is 75.4 Å². The van der Waals surface area contributed by atoms with Gasteiger partial charge < -0.3 is 16.0 Å². The Balaban J connectivity index is 0.00000312. The molecule has 0 atom stereocenters. The maximum Gasteiger partial charge on any atom is 0.230 e. The minimum atomic E-state index is -0.405. The van der Waals surface area contributed by atoms with Crippen LogP contribution in [0.15, 0.2) is 0 Å². The summed E-state index contributed by atoms with van der Waals surface area (Å²) in [6, 6.07) is 0.221. The summed E-state index contributed by atoms with van der Waals surface area (Å²) >= 11 is 0. The fraction of sp³-hybridized carbons (Fsp3) is 0.895. The van der Waals surface area contributed by atoms with E-state index in [4.69, 9.17) is 5.73 Å². The van der Waals surface area contributed by atoms with Gasteiger partial charge in [-0.05, 0) is 38.5 Å². The van der Waals surface area contributed by atoms with E-state index >= 15 is 0 Å². The van der Waals surface area contributed by atoms with Crippen molar-refractivity contribution in [3.8, 4) is 0 Å². The molecule has 0 aromatic rings. The van der Waals surface area contributed by atoms with Crippen LogP contribution >= 0.6 is 12.4 Å². The number of nitrogens with two attached hydrogens (primary N) is 1. The van der Waals surface area contributed by atoms with Gasteiger partial charge in [0.1, 0.15) is 0 Å². The summed E-state index contributed by atoms with van der Waals surface area (Å²) in [6.45, 7) is 5.97. The van der Waals surface area contributed by atoms with Crippen LogP contribution in [-0.4, -0.2) is 42.4 Å². The molecule has 1 aliphatic heterocycles. The lowest BCUT2D eigenvalue weighted by Crippen LogP contribution is -2.53. The third kappa shape index (κ3) is 5.33. The summed E-state index contributed by atoms with van der Waals surface area (Å²) in [4.78, 5) is 27.2. The van der Waals surface area contributed by atoms with Crippen LogP contribution in [0.3, 0.4) is 0 Å². The molecule has 2 fully saturated rings. The number of nitrogens with zero attached hydrogens (tertiary/aromatic N) is 1. The molecule has 0 aromatic heterocycles. The van der Waals surface area contributed by atoms with E-state index in [0.717, 1.165) is 51.6 Å². The van der Waals surface area contributed by atoms with E-state index in [1.54, 1.807) is 0 Å². The number of likely N-dealkylation sites (tertiary alicyclic amines) is 1. The lowest BCUT2D eigenvalue weighted by atomic mass is 9.80. The first-order chi connectivity index (χ1) is 11.6. The van der Waals surface area contributed by atoms with Crippen molar-refractivity contribution in [3.05, 3.63) is 0 Å². The maximum atomic E-state index is 12.8. The van der Waals surface area contributed by atoms with Gasteiger partial charge in [-0.15, -0.1) is 12.4 Å². The highest BCUT2D eigenvalue weighted by Gasteiger charge is 2.38. The van der Waals surface area contributed by atoms with E-state index < -0.39 is 5.41 Å².